The molecule has 1 aliphatic carbocycles. The smallest absolute Gasteiger partial charge is 0.391 e. The molecule has 2 aromatic heterocycles. The molecule has 34 heavy (non-hydrogen) atoms. The van der Waals surface area contributed by atoms with Crippen LogP contribution in [0.15, 0.2) is 42.7 Å². The van der Waals surface area contributed by atoms with E-state index >= 15 is 0 Å². The second-order valence-corrected chi connectivity index (χ2v) is 8.75. The molecule has 3 heterocycles. The lowest BCUT2D eigenvalue weighted by Crippen LogP contribution is -2.44. The van der Waals surface area contributed by atoms with Gasteiger partial charge in [-0.2, -0.15) is 13.2 Å². The number of rotatable bonds is 6. The second kappa shape index (κ2) is 10.4. The molecule has 0 unspecified atom stereocenters. The summed E-state index contributed by atoms with van der Waals surface area (Å²) in [4.78, 5) is 35.7. The summed E-state index contributed by atoms with van der Waals surface area (Å²) in [6.45, 7) is 0.741. The van der Waals surface area contributed by atoms with Gasteiger partial charge in [0.2, 0.25) is 5.91 Å². The average Bonchev–Trinajstić information content (AvgIpc) is 3.31. The van der Waals surface area contributed by atoms with E-state index in [0.29, 0.717) is 18.1 Å². The fraction of sp³-hybridized carbons (Fsp3) is 0.500. The van der Waals surface area contributed by atoms with Gasteiger partial charge < -0.3 is 15.0 Å². The van der Waals surface area contributed by atoms with Gasteiger partial charge in [-0.3, -0.25) is 9.59 Å². The summed E-state index contributed by atoms with van der Waals surface area (Å²) in [5.74, 6) is -1.56. The molecule has 0 aromatic carbocycles. The first kappa shape index (κ1) is 24.0. The van der Waals surface area contributed by atoms with Gasteiger partial charge in [0.05, 0.1) is 12.0 Å². The summed E-state index contributed by atoms with van der Waals surface area (Å²) in [6, 6.07) is 8.25. The highest BCUT2D eigenvalue weighted by Crippen LogP contribution is 2.40. The van der Waals surface area contributed by atoms with Crippen LogP contribution in [-0.2, 0) is 4.79 Å². The van der Waals surface area contributed by atoms with E-state index in [-0.39, 0.29) is 55.9 Å². The fourth-order valence-corrected chi connectivity index (χ4v) is 4.68. The second-order valence-electron chi connectivity index (χ2n) is 8.75. The van der Waals surface area contributed by atoms with Crippen LogP contribution in [0.2, 0.25) is 0 Å². The maximum absolute atomic E-state index is 13.1. The molecular weight excluding hydrogens is 449 g/mol. The van der Waals surface area contributed by atoms with Gasteiger partial charge in [0.1, 0.15) is 12.4 Å². The van der Waals surface area contributed by atoms with Crippen molar-refractivity contribution in [3.8, 4) is 5.75 Å². The Labute approximate surface area is 195 Å². The zero-order chi connectivity index (χ0) is 24.1. The van der Waals surface area contributed by atoms with Gasteiger partial charge >= 0.3 is 6.18 Å². The maximum atomic E-state index is 13.1. The Bertz CT molecular complexity index is 994. The molecule has 2 fully saturated rings. The zero-order valence-electron chi connectivity index (χ0n) is 18.6. The van der Waals surface area contributed by atoms with E-state index in [4.69, 9.17) is 4.74 Å². The Kier molecular flexibility index (Phi) is 7.33. The van der Waals surface area contributed by atoms with Gasteiger partial charge in [-0.1, -0.05) is 6.07 Å². The third kappa shape index (κ3) is 5.66. The monoisotopic (exact) mass is 476 g/mol. The lowest BCUT2D eigenvalue weighted by molar-refractivity contribution is -0.185. The van der Waals surface area contributed by atoms with E-state index in [1.54, 1.807) is 41.4 Å². The van der Waals surface area contributed by atoms with Gasteiger partial charge in [-0.05, 0) is 62.8 Å². The number of aromatic nitrogens is 2. The number of pyridine rings is 2. The zero-order valence-corrected chi connectivity index (χ0v) is 18.6. The van der Waals surface area contributed by atoms with E-state index in [1.165, 1.54) is 6.20 Å². The summed E-state index contributed by atoms with van der Waals surface area (Å²) in [7, 11) is 0. The van der Waals surface area contributed by atoms with Crippen molar-refractivity contribution in [2.45, 2.75) is 50.7 Å². The Hall–Kier alpha value is -3.17. The normalized spacial score (nSPS) is 22.9. The number of likely N-dealkylation sites (tertiary alicyclic amines) is 1. The molecule has 2 aromatic rings. The van der Waals surface area contributed by atoms with Crippen molar-refractivity contribution in [2.24, 2.45) is 11.8 Å². The summed E-state index contributed by atoms with van der Waals surface area (Å²) in [5, 5.41) is 2.67. The highest BCUT2D eigenvalue weighted by Gasteiger charge is 2.44. The van der Waals surface area contributed by atoms with Crippen LogP contribution < -0.4 is 10.1 Å². The predicted molar refractivity (Wildman–Crippen MR) is 118 cm³/mol. The Morgan fingerprint density at radius 2 is 1.79 bits per heavy atom. The first-order valence-corrected chi connectivity index (χ1v) is 11.5. The molecule has 1 saturated heterocycles. The fourth-order valence-electron chi connectivity index (χ4n) is 4.68. The van der Waals surface area contributed by atoms with Crippen molar-refractivity contribution >= 4 is 17.6 Å². The summed E-state index contributed by atoms with van der Waals surface area (Å²) in [6.07, 6.45) is 0.911. The molecule has 4 rings (SSSR count). The van der Waals surface area contributed by atoms with Crippen LogP contribution in [0.5, 0.6) is 5.75 Å². The van der Waals surface area contributed by atoms with Crippen LogP contribution in [0.3, 0.4) is 0 Å². The Morgan fingerprint density at radius 3 is 2.50 bits per heavy atom. The van der Waals surface area contributed by atoms with Crippen LogP contribution in [-0.4, -0.2) is 52.1 Å². The molecule has 10 heteroatoms. The van der Waals surface area contributed by atoms with E-state index in [0.717, 1.165) is 12.8 Å². The summed E-state index contributed by atoms with van der Waals surface area (Å²) >= 11 is 0. The van der Waals surface area contributed by atoms with Crippen LogP contribution in [0, 0.1) is 11.8 Å². The number of nitrogens with one attached hydrogen (secondary N) is 1. The van der Waals surface area contributed by atoms with Gasteiger partial charge in [0.25, 0.3) is 5.91 Å². The molecule has 2 aliphatic rings. The molecule has 182 valence electrons. The van der Waals surface area contributed by atoms with E-state index < -0.39 is 18.0 Å². The molecule has 2 amide bonds. The Morgan fingerprint density at radius 1 is 1.03 bits per heavy atom. The number of hydrogen-bond acceptors (Lipinski definition) is 5. The molecule has 0 bridgehead atoms. The van der Waals surface area contributed by atoms with Crippen LogP contribution >= 0.6 is 0 Å². The SMILES string of the molecule is O=C(Nc1ccccn1)c1ncccc1OC[C@H]1CCCN1C(=O)[C@H]1CC[C@H](C(F)(F)F)CC1. The van der Waals surface area contributed by atoms with Crippen LogP contribution in [0.4, 0.5) is 19.0 Å². The van der Waals surface area contributed by atoms with Crippen molar-refractivity contribution in [1.82, 2.24) is 14.9 Å². The first-order chi connectivity index (χ1) is 16.3. The Balaban J connectivity index is 1.35. The largest absolute Gasteiger partial charge is 0.489 e. The number of alkyl halides is 3. The number of nitrogens with zero attached hydrogens (tertiary/aromatic N) is 3. The van der Waals surface area contributed by atoms with Gasteiger partial charge in [-0.25, -0.2) is 9.97 Å². The van der Waals surface area contributed by atoms with Gasteiger partial charge in [-0.15, -0.1) is 0 Å². The van der Waals surface area contributed by atoms with Crippen molar-refractivity contribution < 1.29 is 27.5 Å². The predicted octanol–water partition coefficient (Wildman–Crippen LogP) is 4.47. The molecular formula is C24H27F3N4O3. The minimum Gasteiger partial charge on any atom is -0.489 e. The molecule has 0 radical (unpaired) electrons. The van der Waals surface area contributed by atoms with Crippen molar-refractivity contribution in [2.75, 3.05) is 18.5 Å². The highest BCUT2D eigenvalue weighted by atomic mass is 19.4. The molecule has 1 N–H and O–H groups in total. The van der Waals surface area contributed by atoms with Crippen LogP contribution in [0.1, 0.15) is 49.0 Å². The van der Waals surface area contributed by atoms with E-state index in [9.17, 15) is 22.8 Å². The lowest BCUT2D eigenvalue weighted by Gasteiger charge is -2.33. The van der Waals surface area contributed by atoms with Gasteiger partial charge in [0.15, 0.2) is 11.4 Å². The van der Waals surface area contributed by atoms with Gasteiger partial charge in [0, 0.05) is 24.9 Å². The molecule has 1 saturated carbocycles. The third-order valence-electron chi connectivity index (χ3n) is 6.52. The summed E-state index contributed by atoms with van der Waals surface area (Å²) in [5.41, 5.74) is 0.106. The number of carbonyl (C=O) groups is 2. The standard InChI is InChI=1S/C24H27F3N4O3/c25-24(26,27)17-10-8-16(9-11-17)23(33)31-14-4-5-18(31)15-34-19-6-3-13-29-21(19)22(32)30-20-7-1-2-12-28-20/h1-3,6-7,12-13,16-18H,4-5,8-11,14-15H2,(H,28,30,32)/t16-,17-,18-/m1/s1. The molecule has 7 nitrogen and oxygen atoms in total. The average molecular weight is 476 g/mol. The number of carbonyl (C=O) groups excluding carboxylic acids is 2. The summed E-state index contributed by atoms with van der Waals surface area (Å²) < 4.78 is 44.8. The van der Waals surface area contributed by atoms with Crippen molar-refractivity contribution in [1.29, 1.82) is 0 Å². The third-order valence-corrected chi connectivity index (χ3v) is 6.52. The molecule has 0 spiro atoms. The van der Waals surface area contributed by atoms with E-state index in [2.05, 4.69) is 15.3 Å². The van der Waals surface area contributed by atoms with Crippen molar-refractivity contribution in [3.63, 3.8) is 0 Å². The van der Waals surface area contributed by atoms with Crippen molar-refractivity contribution in [3.05, 3.63) is 48.4 Å². The van der Waals surface area contributed by atoms with Crippen LogP contribution in [0.25, 0.3) is 0 Å². The minimum atomic E-state index is -4.19. The topological polar surface area (TPSA) is 84.4 Å². The number of anilines is 1. The number of ether oxygens (including phenoxy) is 1. The minimum absolute atomic E-state index is 0.000654. The van der Waals surface area contributed by atoms with E-state index in [1.807, 2.05) is 0 Å². The number of halogens is 3. The maximum Gasteiger partial charge on any atom is 0.391 e. The quantitative estimate of drug-likeness (QED) is 0.665. The lowest BCUT2D eigenvalue weighted by atomic mass is 9.81. The number of hydrogen-bond donors (Lipinski definition) is 1. The molecule has 1 atom stereocenters. The number of amides is 2. The highest BCUT2D eigenvalue weighted by molar-refractivity contribution is 6.04. The molecule has 1 aliphatic heterocycles. The first-order valence-electron chi connectivity index (χ1n) is 11.5.